The molecule has 1 N–H and O–H groups in total. The smallest absolute Gasteiger partial charge is 0.308 e. The molecule has 2 unspecified atom stereocenters. The van der Waals surface area contributed by atoms with Gasteiger partial charge < -0.3 is 14.7 Å². The van der Waals surface area contributed by atoms with E-state index in [1.165, 1.54) is 0 Å². The Morgan fingerprint density at radius 1 is 1.50 bits per heavy atom. The van der Waals surface area contributed by atoms with Crippen LogP contribution in [0, 0.1) is 5.92 Å². The van der Waals surface area contributed by atoms with Crippen molar-refractivity contribution in [3.05, 3.63) is 0 Å². The number of carboxylic acids is 1. The number of morpholine rings is 1. The molecule has 2 rings (SSSR count). The molecule has 2 aliphatic heterocycles. The number of carbonyl (C=O) groups excluding carboxylic acids is 1. The van der Waals surface area contributed by atoms with Crippen molar-refractivity contribution in [3.8, 4) is 0 Å². The molecule has 0 radical (unpaired) electrons. The number of carbonyl (C=O) groups is 2. The van der Waals surface area contributed by atoms with Crippen LogP contribution in [-0.2, 0) is 14.3 Å². The predicted octanol–water partition coefficient (Wildman–Crippen LogP) is -0.292. The summed E-state index contributed by atoms with van der Waals surface area (Å²) in [6.07, 6.45) is 1.38. The molecule has 5 heteroatoms. The molecule has 0 aromatic carbocycles. The summed E-state index contributed by atoms with van der Waals surface area (Å²) >= 11 is 0. The van der Waals surface area contributed by atoms with Crippen molar-refractivity contribution >= 4 is 11.9 Å². The van der Waals surface area contributed by atoms with Crippen LogP contribution in [0.2, 0.25) is 0 Å². The topological polar surface area (TPSA) is 66.8 Å². The summed E-state index contributed by atoms with van der Waals surface area (Å²) in [6.45, 7) is 1.00. The van der Waals surface area contributed by atoms with Gasteiger partial charge in [-0.25, -0.2) is 0 Å². The molecule has 14 heavy (non-hydrogen) atoms. The van der Waals surface area contributed by atoms with Crippen LogP contribution in [0.3, 0.4) is 0 Å². The zero-order valence-electron chi connectivity index (χ0n) is 7.81. The maximum absolute atomic E-state index is 11.4. The lowest BCUT2D eigenvalue weighted by molar-refractivity contribution is -0.157. The maximum Gasteiger partial charge on any atom is 0.308 e. The van der Waals surface area contributed by atoms with Gasteiger partial charge in [0.1, 0.15) is 6.61 Å². The Hall–Kier alpha value is -1.10. The highest BCUT2D eigenvalue weighted by molar-refractivity contribution is 5.80. The molecule has 5 nitrogen and oxygen atoms in total. The third-order valence-corrected chi connectivity index (χ3v) is 2.91. The molecule has 2 saturated heterocycles. The van der Waals surface area contributed by atoms with Crippen molar-refractivity contribution < 1.29 is 19.4 Å². The molecule has 0 aliphatic carbocycles. The summed E-state index contributed by atoms with van der Waals surface area (Å²) in [5.74, 6) is -1.27. The van der Waals surface area contributed by atoms with Crippen molar-refractivity contribution in [1.29, 1.82) is 0 Å². The van der Waals surface area contributed by atoms with E-state index in [2.05, 4.69) is 0 Å². The molecule has 2 heterocycles. The largest absolute Gasteiger partial charge is 0.481 e. The lowest BCUT2D eigenvalue weighted by Crippen LogP contribution is -2.54. The number of ether oxygens (including phenoxy) is 1. The Labute approximate surface area is 81.6 Å². The lowest BCUT2D eigenvalue weighted by atomic mass is 9.92. The van der Waals surface area contributed by atoms with Crippen LogP contribution in [0.25, 0.3) is 0 Å². The van der Waals surface area contributed by atoms with Crippen LogP contribution in [-0.4, -0.2) is 47.7 Å². The van der Waals surface area contributed by atoms with E-state index >= 15 is 0 Å². The molecule has 0 aromatic rings. The second-order valence-electron chi connectivity index (χ2n) is 3.83. The summed E-state index contributed by atoms with van der Waals surface area (Å²) in [5.41, 5.74) is 0. The van der Waals surface area contributed by atoms with Gasteiger partial charge in [-0.1, -0.05) is 0 Å². The average Bonchev–Trinajstić information content (AvgIpc) is 2.18. The number of hydrogen-bond donors (Lipinski definition) is 1. The van der Waals surface area contributed by atoms with Crippen molar-refractivity contribution in [1.82, 2.24) is 4.90 Å². The third-order valence-electron chi connectivity index (χ3n) is 2.91. The highest BCUT2D eigenvalue weighted by Gasteiger charge is 2.36. The second kappa shape index (κ2) is 3.57. The molecule has 0 bridgehead atoms. The number of piperidine rings is 1. The van der Waals surface area contributed by atoms with Crippen LogP contribution < -0.4 is 0 Å². The SMILES string of the molecule is O=C(O)C1CCC2COCC(=O)N2C1. The molecule has 2 atom stereocenters. The van der Waals surface area contributed by atoms with Gasteiger partial charge in [0.2, 0.25) is 5.91 Å². The van der Waals surface area contributed by atoms with Crippen LogP contribution >= 0.6 is 0 Å². The lowest BCUT2D eigenvalue weighted by Gasteiger charge is -2.41. The normalized spacial score (nSPS) is 32.6. The monoisotopic (exact) mass is 199 g/mol. The van der Waals surface area contributed by atoms with Crippen LogP contribution in [0.1, 0.15) is 12.8 Å². The summed E-state index contributed by atoms with van der Waals surface area (Å²) in [7, 11) is 0. The molecular weight excluding hydrogens is 186 g/mol. The number of rotatable bonds is 1. The first-order valence-electron chi connectivity index (χ1n) is 4.78. The Bertz CT molecular complexity index is 266. The van der Waals surface area contributed by atoms with Gasteiger partial charge in [-0.05, 0) is 12.8 Å². The molecule has 2 fully saturated rings. The molecule has 2 aliphatic rings. The van der Waals surface area contributed by atoms with E-state index in [0.717, 1.165) is 6.42 Å². The number of amides is 1. The predicted molar refractivity (Wildman–Crippen MR) is 46.7 cm³/mol. The Morgan fingerprint density at radius 2 is 2.29 bits per heavy atom. The Kier molecular flexibility index (Phi) is 2.41. The van der Waals surface area contributed by atoms with E-state index in [4.69, 9.17) is 9.84 Å². The molecule has 0 aromatic heterocycles. The van der Waals surface area contributed by atoms with Gasteiger partial charge in [0.25, 0.3) is 0 Å². The van der Waals surface area contributed by atoms with E-state index in [-0.39, 0.29) is 18.6 Å². The van der Waals surface area contributed by atoms with Crippen molar-refractivity contribution in [2.24, 2.45) is 5.92 Å². The van der Waals surface area contributed by atoms with Crippen LogP contribution in [0.15, 0.2) is 0 Å². The zero-order chi connectivity index (χ0) is 10.1. The Balaban J connectivity index is 2.05. The van der Waals surface area contributed by atoms with Crippen LogP contribution in [0.5, 0.6) is 0 Å². The van der Waals surface area contributed by atoms with Crippen molar-refractivity contribution in [2.75, 3.05) is 19.8 Å². The zero-order valence-corrected chi connectivity index (χ0v) is 7.81. The van der Waals surface area contributed by atoms with Gasteiger partial charge in [-0.15, -0.1) is 0 Å². The minimum absolute atomic E-state index is 0.0767. The first-order chi connectivity index (χ1) is 6.68. The Morgan fingerprint density at radius 3 is 3.00 bits per heavy atom. The van der Waals surface area contributed by atoms with Gasteiger partial charge in [0.15, 0.2) is 0 Å². The molecule has 78 valence electrons. The highest BCUT2D eigenvalue weighted by atomic mass is 16.5. The minimum Gasteiger partial charge on any atom is -0.481 e. The summed E-state index contributed by atoms with van der Waals surface area (Å²) in [4.78, 5) is 23.8. The molecule has 1 amide bonds. The van der Waals surface area contributed by atoms with E-state index < -0.39 is 11.9 Å². The number of nitrogens with zero attached hydrogens (tertiary/aromatic N) is 1. The third kappa shape index (κ3) is 1.59. The standard InChI is InChI=1S/C9H13NO4/c11-8-5-14-4-7-2-1-6(9(12)13)3-10(7)8/h6-7H,1-5H2,(H,12,13). The minimum atomic E-state index is -0.803. The number of carboxylic acid groups (broad SMARTS) is 1. The summed E-state index contributed by atoms with van der Waals surface area (Å²) < 4.78 is 5.11. The van der Waals surface area contributed by atoms with Gasteiger partial charge >= 0.3 is 5.97 Å². The summed E-state index contributed by atoms with van der Waals surface area (Å²) in [6, 6.07) is 0.104. The summed E-state index contributed by atoms with van der Waals surface area (Å²) in [5, 5.41) is 8.85. The van der Waals surface area contributed by atoms with E-state index in [1.807, 2.05) is 0 Å². The van der Waals surface area contributed by atoms with Gasteiger partial charge in [0, 0.05) is 6.54 Å². The van der Waals surface area contributed by atoms with E-state index in [0.29, 0.717) is 19.6 Å². The van der Waals surface area contributed by atoms with Crippen molar-refractivity contribution in [2.45, 2.75) is 18.9 Å². The first-order valence-corrected chi connectivity index (χ1v) is 4.78. The fourth-order valence-corrected chi connectivity index (χ4v) is 2.07. The number of aliphatic carboxylic acids is 1. The van der Waals surface area contributed by atoms with E-state index in [1.54, 1.807) is 4.90 Å². The van der Waals surface area contributed by atoms with Gasteiger partial charge in [-0.2, -0.15) is 0 Å². The quantitative estimate of drug-likeness (QED) is 0.630. The van der Waals surface area contributed by atoms with Crippen LogP contribution in [0.4, 0.5) is 0 Å². The maximum atomic E-state index is 11.4. The van der Waals surface area contributed by atoms with Gasteiger partial charge in [-0.3, -0.25) is 9.59 Å². The first kappa shape index (κ1) is 9.45. The number of fused-ring (bicyclic) bond motifs is 1. The fourth-order valence-electron chi connectivity index (χ4n) is 2.07. The molecule has 0 saturated carbocycles. The van der Waals surface area contributed by atoms with Gasteiger partial charge in [0.05, 0.1) is 18.6 Å². The fraction of sp³-hybridized carbons (Fsp3) is 0.778. The molecular formula is C9H13NO4. The average molecular weight is 199 g/mol. The van der Waals surface area contributed by atoms with Crippen molar-refractivity contribution in [3.63, 3.8) is 0 Å². The van der Waals surface area contributed by atoms with E-state index in [9.17, 15) is 9.59 Å². The highest BCUT2D eigenvalue weighted by Crippen LogP contribution is 2.24. The number of hydrogen-bond acceptors (Lipinski definition) is 3. The molecule has 0 spiro atoms. The second-order valence-corrected chi connectivity index (χ2v) is 3.83.